The lowest BCUT2D eigenvalue weighted by Gasteiger charge is -2.16. The molecule has 0 aliphatic heterocycles. The van der Waals surface area contributed by atoms with Crippen LogP contribution >= 0.6 is 0 Å². The van der Waals surface area contributed by atoms with Crippen LogP contribution in [-0.2, 0) is 0 Å². The summed E-state index contributed by atoms with van der Waals surface area (Å²) in [5, 5.41) is 3.27. The number of halogens is 1. The molecule has 19 heavy (non-hydrogen) atoms. The van der Waals surface area contributed by atoms with Gasteiger partial charge in [0.05, 0.1) is 6.61 Å². The maximum atomic E-state index is 13.1. The maximum absolute atomic E-state index is 13.1. The molecule has 0 aromatic heterocycles. The van der Waals surface area contributed by atoms with E-state index in [0.29, 0.717) is 6.61 Å². The molecule has 100 valence electrons. The lowest BCUT2D eigenvalue weighted by Crippen LogP contribution is -2.06. The molecular weight excluding hydrogens is 241 g/mol. The molecule has 1 unspecified atom stereocenters. The predicted molar refractivity (Wildman–Crippen MR) is 76.0 cm³/mol. The van der Waals surface area contributed by atoms with Crippen molar-refractivity contribution in [3.05, 3.63) is 59.9 Å². The van der Waals surface area contributed by atoms with Gasteiger partial charge in [-0.15, -0.1) is 0 Å². The quantitative estimate of drug-likeness (QED) is 0.859. The normalized spacial score (nSPS) is 11.9. The molecule has 0 aliphatic carbocycles. The van der Waals surface area contributed by atoms with Gasteiger partial charge in [0.1, 0.15) is 11.6 Å². The molecule has 1 N–H and O–H groups in total. The third-order valence-corrected chi connectivity index (χ3v) is 2.90. The first-order valence-corrected chi connectivity index (χ1v) is 6.44. The van der Waals surface area contributed by atoms with Crippen LogP contribution in [0.2, 0.25) is 0 Å². The summed E-state index contributed by atoms with van der Waals surface area (Å²) in [7, 11) is 0. The number of rotatable bonds is 5. The van der Waals surface area contributed by atoms with E-state index in [1.165, 1.54) is 12.1 Å². The molecule has 2 rings (SSSR count). The topological polar surface area (TPSA) is 21.3 Å². The molecular formula is C16H18FNO. The first-order chi connectivity index (χ1) is 9.19. The Kier molecular flexibility index (Phi) is 4.39. The first kappa shape index (κ1) is 13.4. The first-order valence-electron chi connectivity index (χ1n) is 6.44. The molecule has 0 saturated heterocycles. The summed E-state index contributed by atoms with van der Waals surface area (Å²) in [5.74, 6) is 0.632. The molecule has 2 nitrogen and oxygen atoms in total. The van der Waals surface area contributed by atoms with E-state index in [9.17, 15) is 4.39 Å². The van der Waals surface area contributed by atoms with Crippen molar-refractivity contribution in [2.75, 3.05) is 11.9 Å². The van der Waals surface area contributed by atoms with Crippen LogP contribution < -0.4 is 10.1 Å². The highest BCUT2D eigenvalue weighted by Gasteiger charge is 2.06. The lowest BCUT2D eigenvalue weighted by molar-refractivity contribution is 0.340. The van der Waals surface area contributed by atoms with Crippen molar-refractivity contribution in [2.45, 2.75) is 19.9 Å². The summed E-state index contributed by atoms with van der Waals surface area (Å²) in [6.45, 7) is 4.67. The second-order valence-corrected chi connectivity index (χ2v) is 4.38. The summed E-state index contributed by atoms with van der Waals surface area (Å²) >= 11 is 0. The number of hydrogen-bond donors (Lipinski definition) is 1. The van der Waals surface area contributed by atoms with Gasteiger partial charge in [0.15, 0.2) is 0 Å². The van der Waals surface area contributed by atoms with Crippen LogP contribution in [0, 0.1) is 5.82 Å². The molecule has 0 saturated carbocycles. The van der Waals surface area contributed by atoms with Gasteiger partial charge in [-0.25, -0.2) is 4.39 Å². The Labute approximate surface area is 113 Å². The van der Waals surface area contributed by atoms with E-state index < -0.39 is 0 Å². The Morgan fingerprint density at radius 2 is 1.89 bits per heavy atom. The number of anilines is 1. The van der Waals surface area contributed by atoms with Gasteiger partial charge >= 0.3 is 0 Å². The molecule has 0 bridgehead atoms. The highest BCUT2D eigenvalue weighted by atomic mass is 19.1. The lowest BCUT2D eigenvalue weighted by atomic mass is 10.1. The Bertz CT molecular complexity index is 525. The zero-order valence-corrected chi connectivity index (χ0v) is 11.2. The second-order valence-electron chi connectivity index (χ2n) is 4.38. The smallest absolute Gasteiger partial charge is 0.125 e. The van der Waals surface area contributed by atoms with E-state index in [-0.39, 0.29) is 11.9 Å². The fraction of sp³-hybridized carbons (Fsp3) is 0.250. The van der Waals surface area contributed by atoms with Crippen molar-refractivity contribution in [3.8, 4) is 5.75 Å². The van der Waals surface area contributed by atoms with Crippen LogP contribution in [0.4, 0.5) is 10.1 Å². The molecule has 0 radical (unpaired) electrons. The van der Waals surface area contributed by atoms with Crippen molar-refractivity contribution < 1.29 is 9.13 Å². The molecule has 2 aromatic rings. The Morgan fingerprint density at radius 3 is 2.53 bits per heavy atom. The van der Waals surface area contributed by atoms with Crippen molar-refractivity contribution in [1.82, 2.24) is 0 Å². The van der Waals surface area contributed by atoms with Crippen LogP contribution in [0.5, 0.6) is 5.75 Å². The molecule has 0 heterocycles. The van der Waals surface area contributed by atoms with Gasteiger partial charge in [-0.05, 0) is 49.7 Å². The SMILES string of the molecule is CCOc1ccc(C(C)Nc2cccc(F)c2)cc1. The third kappa shape index (κ3) is 3.71. The van der Waals surface area contributed by atoms with E-state index in [0.717, 1.165) is 17.0 Å². The van der Waals surface area contributed by atoms with Gasteiger partial charge in [-0.3, -0.25) is 0 Å². The minimum Gasteiger partial charge on any atom is -0.494 e. The second kappa shape index (κ2) is 6.23. The Balaban J connectivity index is 2.05. The van der Waals surface area contributed by atoms with Gasteiger partial charge in [0.2, 0.25) is 0 Å². The van der Waals surface area contributed by atoms with Gasteiger partial charge in [0.25, 0.3) is 0 Å². The van der Waals surface area contributed by atoms with E-state index in [1.807, 2.05) is 44.2 Å². The summed E-state index contributed by atoms with van der Waals surface area (Å²) in [4.78, 5) is 0. The van der Waals surface area contributed by atoms with Gasteiger partial charge in [-0.2, -0.15) is 0 Å². The summed E-state index contributed by atoms with van der Waals surface area (Å²) in [6, 6.07) is 14.5. The van der Waals surface area contributed by atoms with E-state index in [1.54, 1.807) is 6.07 Å². The van der Waals surface area contributed by atoms with Crippen molar-refractivity contribution in [2.24, 2.45) is 0 Å². The predicted octanol–water partition coefficient (Wildman–Crippen LogP) is 4.40. The zero-order valence-electron chi connectivity index (χ0n) is 11.2. The fourth-order valence-electron chi connectivity index (χ4n) is 1.93. The molecule has 3 heteroatoms. The number of ether oxygens (including phenoxy) is 1. The fourth-order valence-corrected chi connectivity index (χ4v) is 1.93. The Hall–Kier alpha value is -2.03. The molecule has 2 aromatic carbocycles. The van der Waals surface area contributed by atoms with Crippen LogP contribution in [-0.4, -0.2) is 6.61 Å². The monoisotopic (exact) mass is 259 g/mol. The average Bonchev–Trinajstić information content (AvgIpc) is 2.40. The highest BCUT2D eigenvalue weighted by molar-refractivity contribution is 5.45. The number of benzene rings is 2. The van der Waals surface area contributed by atoms with Crippen molar-refractivity contribution in [3.63, 3.8) is 0 Å². The number of nitrogens with one attached hydrogen (secondary N) is 1. The minimum atomic E-state index is -0.233. The zero-order chi connectivity index (χ0) is 13.7. The van der Waals surface area contributed by atoms with Crippen LogP contribution in [0.25, 0.3) is 0 Å². The number of hydrogen-bond acceptors (Lipinski definition) is 2. The highest BCUT2D eigenvalue weighted by Crippen LogP contribution is 2.22. The van der Waals surface area contributed by atoms with Gasteiger partial charge in [-0.1, -0.05) is 18.2 Å². The molecule has 0 amide bonds. The van der Waals surface area contributed by atoms with E-state index in [4.69, 9.17) is 4.74 Å². The molecule has 0 aliphatic rings. The largest absolute Gasteiger partial charge is 0.494 e. The maximum Gasteiger partial charge on any atom is 0.125 e. The third-order valence-electron chi connectivity index (χ3n) is 2.90. The standard InChI is InChI=1S/C16H18FNO/c1-3-19-16-9-7-13(8-10-16)12(2)18-15-6-4-5-14(17)11-15/h4-12,18H,3H2,1-2H3. The van der Waals surface area contributed by atoms with Gasteiger partial charge < -0.3 is 10.1 Å². The van der Waals surface area contributed by atoms with E-state index >= 15 is 0 Å². The van der Waals surface area contributed by atoms with Crippen LogP contribution in [0.1, 0.15) is 25.5 Å². The molecule has 0 spiro atoms. The van der Waals surface area contributed by atoms with Crippen molar-refractivity contribution in [1.29, 1.82) is 0 Å². The minimum absolute atomic E-state index is 0.109. The Morgan fingerprint density at radius 1 is 1.16 bits per heavy atom. The van der Waals surface area contributed by atoms with E-state index in [2.05, 4.69) is 5.32 Å². The summed E-state index contributed by atoms with van der Waals surface area (Å²) in [5.41, 5.74) is 1.91. The molecule has 0 fully saturated rings. The van der Waals surface area contributed by atoms with Crippen LogP contribution in [0.3, 0.4) is 0 Å². The summed E-state index contributed by atoms with van der Waals surface area (Å²) < 4.78 is 18.5. The van der Waals surface area contributed by atoms with Crippen molar-refractivity contribution >= 4 is 5.69 Å². The average molecular weight is 259 g/mol. The van der Waals surface area contributed by atoms with Crippen LogP contribution in [0.15, 0.2) is 48.5 Å². The summed E-state index contributed by atoms with van der Waals surface area (Å²) in [6.07, 6.45) is 0. The molecule has 1 atom stereocenters. The van der Waals surface area contributed by atoms with Gasteiger partial charge in [0, 0.05) is 11.7 Å².